The van der Waals surface area contributed by atoms with Crippen LogP contribution in [0.1, 0.15) is 47.1 Å². The van der Waals surface area contributed by atoms with Gasteiger partial charge in [-0.3, -0.25) is 4.79 Å². The quantitative estimate of drug-likeness (QED) is 0.310. The summed E-state index contributed by atoms with van der Waals surface area (Å²) in [6.07, 6.45) is 2.00. The first-order chi connectivity index (χ1) is 15.0. The van der Waals surface area contributed by atoms with Crippen molar-refractivity contribution in [1.29, 1.82) is 0 Å². The molecule has 6 heteroatoms. The number of carbonyl (C=O) groups is 1. The van der Waals surface area contributed by atoms with E-state index in [1.54, 1.807) is 0 Å². The van der Waals surface area contributed by atoms with Crippen LogP contribution in [0.15, 0.2) is 54.6 Å². The largest absolute Gasteiger partial charge is 0.334 e. The monoisotopic (exact) mass is 451 g/mol. The Hall–Kier alpha value is -2.63. The number of thiazole rings is 1. The fourth-order valence-corrected chi connectivity index (χ4v) is 5.00. The van der Waals surface area contributed by atoms with Crippen molar-refractivity contribution in [2.24, 2.45) is 0 Å². The van der Waals surface area contributed by atoms with Crippen LogP contribution in [0, 0.1) is 13.8 Å². The van der Waals surface area contributed by atoms with E-state index in [0.717, 1.165) is 35.3 Å². The van der Waals surface area contributed by atoms with Crippen molar-refractivity contribution in [3.8, 4) is 5.69 Å². The van der Waals surface area contributed by atoms with Crippen molar-refractivity contribution < 1.29 is 4.79 Å². The summed E-state index contributed by atoms with van der Waals surface area (Å²) >= 11 is 7.48. The van der Waals surface area contributed by atoms with Gasteiger partial charge in [-0.15, -0.1) is 11.3 Å². The molecule has 0 aliphatic carbocycles. The van der Waals surface area contributed by atoms with Crippen molar-refractivity contribution in [3.63, 3.8) is 0 Å². The molecule has 0 spiro atoms. The number of rotatable bonds is 7. The number of aromatic nitrogens is 2. The first kappa shape index (κ1) is 21.6. The summed E-state index contributed by atoms with van der Waals surface area (Å²) in [6.45, 7) is 7.69. The average Bonchev–Trinajstić information content (AvgIpc) is 3.28. The van der Waals surface area contributed by atoms with Gasteiger partial charge in [0.05, 0.1) is 10.2 Å². The molecule has 0 saturated heterocycles. The summed E-state index contributed by atoms with van der Waals surface area (Å²) in [5.74, 6) is 0.0315. The van der Waals surface area contributed by atoms with Gasteiger partial charge < -0.3 is 9.47 Å². The molecule has 0 N–H and O–H groups in total. The van der Waals surface area contributed by atoms with E-state index in [1.165, 1.54) is 28.3 Å². The zero-order valence-corrected chi connectivity index (χ0v) is 19.6. The summed E-state index contributed by atoms with van der Waals surface area (Å²) in [4.78, 5) is 19.7. The van der Waals surface area contributed by atoms with E-state index in [-0.39, 0.29) is 5.91 Å². The van der Waals surface area contributed by atoms with Crippen LogP contribution in [0.5, 0.6) is 0 Å². The molecule has 160 valence electrons. The molecule has 4 aromatic rings. The molecule has 0 fully saturated rings. The maximum atomic E-state index is 13.4. The lowest BCUT2D eigenvalue weighted by Crippen LogP contribution is -2.31. The van der Waals surface area contributed by atoms with Crippen LogP contribution >= 0.6 is 22.9 Å². The Kier molecular flexibility index (Phi) is 6.44. The number of fused-ring (bicyclic) bond motifs is 1. The number of para-hydroxylation sites is 1. The van der Waals surface area contributed by atoms with Crippen molar-refractivity contribution in [2.75, 3.05) is 6.54 Å². The first-order valence-electron chi connectivity index (χ1n) is 10.6. The predicted octanol–water partition coefficient (Wildman–Crippen LogP) is 6.80. The van der Waals surface area contributed by atoms with Crippen LogP contribution in [-0.2, 0) is 6.54 Å². The Labute approximate surface area is 192 Å². The molecule has 2 heterocycles. The SMILES string of the molecule is CCCCN(Cc1cc(C)n(-c2ccccc2)c1C)C(=O)c1ccc2sc(Cl)nc2c1. The number of benzene rings is 2. The Bertz CT molecular complexity index is 1210. The zero-order valence-electron chi connectivity index (χ0n) is 18.1. The second kappa shape index (κ2) is 9.25. The molecule has 4 nitrogen and oxygen atoms in total. The lowest BCUT2D eigenvalue weighted by Gasteiger charge is -2.23. The summed E-state index contributed by atoms with van der Waals surface area (Å²) < 4.78 is 3.74. The number of hydrogen-bond acceptors (Lipinski definition) is 3. The van der Waals surface area contributed by atoms with Crippen LogP contribution in [0.3, 0.4) is 0 Å². The molecule has 0 aliphatic heterocycles. The Morgan fingerprint density at radius 3 is 2.65 bits per heavy atom. The van der Waals surface area contributed by atoms with E-state index in [0.29, 0.717) is 16.6 Å². The van der Waals surface area contributed by atoms with Gasteiger partial charge in [-0.25, -0.2) is 4.98 Å². The summed E-state index contributed by atoms with van der Waals surface area (Å²) in [5, 5.41) is 0. The highest BCUT2D eigenvalue weighted by molar-refractivity contribution is 7.22. The van der Waals surface area contributed by atoms with Gasteiger partial charge in [0, 0.05) is 35.7 Å². The topological polar surface area (TPSA) is 38.1 Å². The zero-order chi connectivity index (χ0) is 22.0. The Morgan fingerprint density at radius 1 is 1.13 bits per heavy atom. The molecule has 0 bridgehead atoms. The van der Waals surface area contributed by atoms with Crippen LogP contribution < -0.4 is 0 Å². The summed E-state index contributed by atoms with van der Waals surface area (Å²) in [6, 6.07) is 18.2. The molecular formula is C25H26ClN3OS. The van der Waals surface area contributed by atoms with Crippen LogP contribution in [0.2, 0.25) is 4.47 Å². The van der Waals surface area contributed by atoms with Gasteiger partial charge in [0.2, 0.25) is 0 Å². The predicted molar refractivity (Wildman–Crippen MR) is 130 cm³/mol. The molecular weight excluding hydrogens is 426 g/mol. The number of nitrogens with zero attached hydrogens (tertiary/aromatic N) is 3. The minimum absolute atomic E-state index is 0.0315. The van der Waals surface area contributed by atoms with E-state index in [4.69, 9.17) is 11.6 Å². The van der Waals surface area contributed by atoms with Gasteiger partial charge in [0.15, 0.2) is 4.47 Å². The molecule has 1 amide bonds. The molecule has 31 heavy (non-hydrogen) atoms. The third-order valence-corrected chi connectivity index (χ3v) is 6.73. The second-order valence-electron chi connectivity index (χ2n) is 7.80. The number of amides is 1. The van der Waals surface area contributed by atoms with Gasteiger partial charge >= 0.3 is 0 Å². The van der Waals surface area contributed by atoms with Crippen molar-refractivity contribution >= 4 is 39.1 Å². The van der Waals surface area contributed by atoms with E-state index in [1.807, 2.05) is 41.3 Å². The number of carbonyl (C=O) groups excluding carboxylic acids is 1. The van der Waals surface area contributed by atoms with Crippen LogP contribution in [0.25, 0.3) is 15.9 Å². The standard InChI is InChI=1S/C25H26ClN3OS/c1-4-5-13-28(24(30)19-11-12-23-22(15-19)27-25(26)31-23)16-20-14-17(2)29(18(20)3)21-9-7-6-8-10-21/h6-12,14-15H,4-5,13,16H2,1-3H3. The molecule has 0 aliphatic rings. The van der Waals surface area contributed by atoms with Crippen molar-refractivity contribution in [3.05, 3.63) is 81.6 Å². The third kappa shape index (κ3) is 4.53. The molecule has 0 radical (unpaired) electrons. The Morgan fingerprint density at radius 2 is 1.90 bits per heavy atom. The minimum atomic E-state index is 0.0315. The minimum Gasteiger partial charge on any atom is -0.334 e. The highest BCUT2D eigenvalue weighted by Crippen LogP contribution is 2.27. The normalized spacial score (nSPS) is 11.2. The van der Waals surface area contributed by atoms with E-state index in [2.05, 4.69) is 48.5 Å². The van der Waals surface area contributed by atoms with E-state index >= 15 is 0 Å². The molecule has 4 rings (SSSR count). The van der Waals surface area contributed by atoms with E-state index in [9.17, 15) is 4.79 Å². The summed E-state index contributed by atoms with van der Waals surface area (Å²) in [5.41, 5.74) is 6.07. The second-order valence-corrected chi connectivity index (χ2v) is 9.41. The van der Waals surface area contributed by atoms with Crippen molar-refractivity contribution in [2.45, 2.75) is 40.2 Å². The lowest BCUT2D eigenvalue weighted by atomic mass is 10.1. The maximum Gasteiger partial charge on any atom is 0.254 e. The molecule has 0 saturated carbocycles. The fourth-order valence-electron chi connectivity index (χ4n) is 3.99. The summed E-state index contributed by atoms with van der Waals surface area (Å²) in [7, 11) is 0. The van der Waals surface area contributed by atoms with Gasteiger partial charge in [0.1, 0.15) is 0 Å². The van der Waals surface area contributed by atoms with E-state index < -0.39 is 0 Å². The van der Waals surface area contributed by atoms with Gasteiger partial charge in [0.25, 0.3) is 5.91 Å². The molecule has 0 atom stereocenters. The number of hydrogen-bond donors (Lipinski definition) is 0. The number of halogens is 1. The number of unbranched alkanes of at least 4 members (excludes halogenated alkanes) is 1. The van der Waals surface area contributed by atoms with Crippen LogP contribution in [-0.4, -0.2) is 26.9 Å². The average molecular weight is 452 g/mol. The lowest BCUT2D eigenvalue weighted by molar-refractivity contribution is 0.0740. The maximum absolute atomic E-state index is 13.4. The van der Waals surface area contributed by atoms with Crippen molar-refractivity contribution in [1.82, 2.24) is 14.5 Å². The smallest absolute Gasteiger partial charge is 0.254 e. The van der Waals surface area contributed by atoms with Crippen LogP contribution in [0.4, 0.5) is 0 Å². The molecule has 0 unspecified atom stereocenters. The van der Waals surface area contributed by atoms with Gasteiger partial charge in [-0.1, -0.05) is 43.1 Å². The highest BCUT2D eigenvalue weighted by atomic mass is 35.5. The van der Waals surface area contributed by atoms with Gasteiger partial charge in [-0.05, 0) is 62.2 Å². The third-order valence-electron chi connectivity index (χ3n) is 5.59. The molecule has 2 aromatic carbocycles. The van der Waals surface area contributed by atoms with Gasteiger partial charge in [-0.2, -0.15) is 0 Å². The fraction of sp³-hybridized carbons (Fsp3) is 0.280. The Balaban J connectivity index is 1.64. The molecule has 2 aromatic heterocycles. The highest BCUT2D eigenvalue weighted by Gasteiger charge is 2.20. The number of aryl methyl sites for hydroxylation is 1. The first-order valence-corrected chi connectivity index (χ1v) is 11.8.